The molecule has 9 aromatic rings. The standard InChI is InChI=1S/C58H49BN2S/c1-57(2,3)41-29-32-45(33-30-41)61-51-34-31-42(58(4,5)6)35-50(51)59-54-49(36-46(37-52(54)61)60(43-19-12-8-13-20-43)44-21-14-9-15-22-44)47-23-16-24-48-53(47)56(59)62-55(48)40-27-25-39(26-28-40)38-17-10-7-11-18-38/h7-37H,1-6H3. The third kappa shape index (κ3) is 6.31. The third-order valence-corrected chi connectivity index (χ3v) is 14.3. The van der Waals surface area contributed by atoms with Gasteiger partial charge < -0.3 is 9.80 Å². The molecule has 0 saturated heterocycles. The quantitative estimate of drug-likeness (QED) is 0.154. The van der Waals surface area contributed by atoms with E-state index in [-0.39, 0.29) is 17.5 Å². The molecule has 11 rings (SSSR count). The molecule has 62 heavy (non-hydrogen) atoms. The minimum absolute atomic E-state index is 0.0178. The lowest BCUT2D eigenvalue weighted by molar-refractivity contribution is 0.590. The first-order valence-electron chi connectivity index (χ1n) is 21.9. The van der Waals surface area contributed by atoms with Crippen molar-refractivity contribution in [3.8, 4) is 32.7 Å². The van der Waals surface area contributed by atoms with Gasteiger partial charge in [-0.1, -0.05) is 175 Å². The zero-order chi connectivity index (χ0) is 42.3. The summed E-state index contributed by atoms with van der Waals surface area (Å²) in [5.74, 6) is 0. The van der Waals surface area contributed by atoms with Gasteiger partial charge in [-0.05, 0) is 125 Å². The van der Waals surface area contributed by atoms with Crippen LogP contribution in [-0.4, -0.2) is 6.71 Å². The highest BCUT2D eigenvalue weighted by Gasteiger charge is 2.44. The van der Waals surface area contributed by atoms with Gasteiger partial charge in [0.05, 0.1) is 0 Å². The van der Waals surface area contributed by atoms with Crippen molar-refractivity contribution in [1.29, 1.82) is 0 Å². The Bertz CT molecular complexity index is 3080. The Morgan fingerprint density at radius 3 is 1.68 bits per heavy atom. The predicted octanol–water partition coefficient (Wildman–Crippen LogP) is 14.6. The topological polar surface area (TPSA) is 6.48 Å². The van der Waals surface area contributed by atoms with Crippen molar-refractivity contribution in [1.82, 2.24) is 0 Å². The molecule has 0 aliphatic carbocycles. The van der Waals surface area contributed by atoms with Crippen LogP contribution in [0.25, 0.3) is 43.5 Å². The third-order valence-electron chi connectivity index (χ3n) is 13.0. The molecule has 0 spiro atoms. The molecule has 2 nitrogen and oxygen atoms in total. The maximum atomic E-state index is 2.56. The summed E-state index contributed by atoms with van der Waals surface area (Å²) in [5.41, 5.74) is 18.8. The second-order valence-electron chi connectivity index (χ2n) is 19.0. The zero-order valence-electron chi connectivity index (χ0n) is 36.3. The van der Waals surface area contributed by atoms with Crippen molar-refractivity contribution in [3.05, 3.63) is 199 Å². The highest BCUT2D eigenvalue weighted by Crippen LogP contribution is 2.49. The average Bonchev–Trinajstić information content (AvgIpc) is 3.68. The molecule has 2 aliphatic heterocycles. The van der Waals surface area contributed by atoms with E-state index in [1.165, 1.54) is 87.4 Å². The molecule has 0 radical (unpaired) electrons. The van der Waals surface area contributed by atoms with Gasteiger partial charge in [0, 0.05) is 44.4 Å². The van der Waals surface area contributed by atoms with Crippen molar-refractivity contribution < 1.29 is 0 Å². The lowest BCUT2D eigenvalue weighted by Gasteiger charge is -2.41. The molecule has 0 atom stereocenters. The Hall–Kier alpha value is -6.62. The molecule has 4 heteroatoms. The number of fused-ring (bicyclic) bond motifs is 4. The van der Waals surface area contributed by atoms with Gasteiger partial charge in [-0.25, -0.2) is 0 Å². The van der Waals surface area contributed by atoms with Gasteiger partial charge in [0.1, 0.15) is 0 Å². The fourth-order valence-corrected chi connectivity index (χ4v) is 11.2. The second kappa shape index (κ2) is 14.5. The largest absolute Gasteiger partial charge is 0.311 e. The Morgan fingerprint density at radius 2 is 1.05 bits per heavy atom. The summed E-state index contributed by atoms with van der Waals surface area (Å²) in [6.45, 7) is 14.0. The first-order chi connectivity index (χ1) is 30.0. The van der Waals surface area contributed by atoms with E-state index in [2.05, 4.69) is 239 Å². The van der Waals surface area contributed by atoms with E-state index in [4.69, 9.17) is 0 Å². The van der Waals surface area contributed by atoms with E-state index in [9.17, 15) is 0 Å². The molecule has 0 saturated carbocycles. The zero-order valence-corrected chi connectivity index (χ0v) is 37.1. The fraction of sp³-hybridized carbons (Fsp3) is 0.138. The van der Waals surface area contributed by atoms with Gasteiger partial charge in [-0.3, -0.25) is 0 Å². The number of hydrogen-bond donors (Lipinski definition) is 0. The van der Waals surface area contributed by atoms with E-state index < -0.39 is 0 Å². The molecule has 0 fully saturated rings. The van der Waals surface area contributed by atoms with Crippen molar-refractivity contribution in [2.24, 2.45) is 0 Å². The van der Waals surface area contributed by atoms with Gasteiger partial charge >= 0.3 is 0 Å². The smallest absolute Gasteiger partial charge is 0.260 e. The van der Waals surface area contributed by atoms with Crippen LogP contribution in [0.15, 0.2) is 188 Å². The number of hydrogen-bond acceptors (Lipinski definition) is 3. The van der Waals surface area contributed by atoms with E-state index in [0.717, 1.165) is 17.1 Å². The summed E-state index contributed by atoms with van der Waals surface area (Å²) in [5, 5.41) is 2.70. The summed E-state index contributed by atoms with van der Waals surface area (Å²) in [4.78, 5) is 6.31. The lowest BCUT2D eigenvalue weighted by atomic mass is 9.34. The molecule has 300 valence electrons. The first-order valence-corrected chi connectivity index (χ1v) is 22.7. The van der Waals surface area contributed by atoms with Crippen molar-refractivity contribution in [2.45, 2.75) is 52.4 Å². The van der Waals surface area contributed by atoms with E-state index in [1.54, 1.807) is 0 Å². The molecule has 1 aromatic heterocycles. The summed E-state index contributed by atoms with van der Waals surface area (Å²) >= 11 is 1.99. The number of anilines is 6. The van der Waals surface area contributed by atoms with Gasteiger partial charge in [0.2, 0.25) is 0 Å². The van der Waals surface area contributed by atoms with Crippen LogP contribution in [0.4, 0.5) is 34.1 Å². The minimum Gasteiger partial charge on any atom is -0.311 e. The molecule has 0 amide bonds. The number of rotatable bonds is 6. The first kappa shape index (κ1) is 38.3. The Kier molecular flexibility index (Phi) is 8.96. The van der Waals surface area contributed by atoms with E-state index in [1.807, 2.05) is 11.3 Å². The van der Waals surface area contributed by atoms with Gasteiger partial charge in [0.15, 0.2) is 0 Å². The number of para-hydroxylation sites is 2. The van der Waals surface area contributed by atoms with Crippen LogP contribution in [0.2, 0.25) is 0 Å². The predicted molar refractivity (Wildman–Crippen MR) is 270 cm³/mol. The van der Waals surface area contributed by atoms with E-state index >= 15 is 0 Å². The fourth-order valence-electron chi connectivity index (χ4n) is 9.78. The van der Waals surface area contributed by atoms with Crippen molar-refractivity contribution in [3.63, 3.8) is 0 Å². The number of nitrogens with zero attached hydrogens (tertiary/aromatic N) is 2. The molecule has 3 heterocycles. The van der Waals surface area contributed by atoms with Crippen LogP contribution in [0.5, 0.6) is 0 Å². The summed E-state index contributed by atoms with van der Waals surface area (Å²) in [7, 11) is 0. The Balaban J connectivity index is 1.21. The summed E-state index contributed by atoms with van der Waals surface area (Å²) < 4.78 is 1.43. The molecule has 0 unspecified atom stereocenters. The molecule has 8 aromatic carbocycles. The molecular formula is C58H49BN2S. The van der Waals surface area contributed by atoms with Crippen LogP contribution >= 0.6 is 11.3 Å². The van der Waals surface area contributed by atoms with Crippen LogP contribution in [0, 0.1) is 0 Å². The minimum atomic E-state index is -0.0178. The molecule has 0 bridgehead atoms. The maximum absolute atomic E-state index is 2.56. The van der Waals surface area contributed by atoms with Crippen LogP contribution in [-0.2, 0) is 10.8 Å². The van der Waals surface area contributed by atoms with Gasteiger partial charge in [0.25, 0.3) is 6.71 Å². The van der Waals surface area contributed by atoms with Crippen LogP contribution in [0.1, 0.15) is 52.7 Å². The Morgan fingerprint density at radius 1 is 0.468 bits per heavy atom. The van der Waals surface area contributed by atoms with Gasteiger partial charge in [-0.2, -0.15) is 0 Å². The number of thiophene rings is 1. The van der Waals surface area contributed by atoms with Crippen molar-refractivity contribution in [2.75, 3.05) is 9.80 Å². The number of benzene rings is 8. The van der Waals surface area contributed by atoms with E-state index in [0.29, 0.717) is 0 Å². The highest BCUT2D eigenvalue weighted by atomic mass is 32.1. The Labute approximate surface area is 370 Å². The normalized spacial score (nSPS) is 12.9. The lowest BCUT2D eigenvalue weighted by Crippen LogP contribution is -2.58. The monoisotopic (exact) mass is 816 g/mol. The summed E-state index contributed by atoms with van der Waals surface area (Å²) in [6.07, 6.45) is 0. The average molecular weight is 817 g/mol. The second-order valence-corrected chi connectivity index (χ2v) is 20.0. The van der Waals surface area contributed by atoms with Crippen LogP contribution in [0.3, 0.4) is 0 Å². The molecule has 0 N–H and O–H groups in total. The summed E-state index contributed by atoms with van der Waals surface area (Å²) in [6, 6.07) is 70.2. The molecular weight excluding hydrogens is 768 g/mol. The van der Waals surface area contributed by atoms with Crippen LogP contribution < -0.4 is 25.5 Å². The van der Waals surface area contributed by atoms with Gasteiger partial charge in [-0.15, -0.1) is 11.3 Å². The highest BCUT2D eigenvalue weighted by molar-refractivity contribution is 7.32. The molecule has 2 aliphatic rings. The maximum Gasteiger partial charge on any atom is 0.260 e. The van der Waals surface area contributed by atoms with Crippen molar-refractivity contribution >= 4 is 78.6 Å². The SMILES string of the molecule is CC(C)(C)c1ccc(N2c3ccc(C(C)(C)C)cc3B3c4c(cc(N(c5ccccc5)c5ccccc5)cc42)-c2cccc4c(-c5ccc(-c6ccccc6)cc5)sc3c24)cc1.